The highest BCUT2D eigenvalue weighted by Crippen LogP contribution is 2.13. The number of hydrogen-bond donors (Lipinski definition) is 2. The zero-order valence-corrected chi connectivity index (χ0v) is 11.4. The fourth-order valence-electron chi connectivity index (χ4n) is 2.26. The molecule has 2 N–H and O–H groups in total. The van der Waals surface area contributed by atoms with Gasteiger partial charge >= 0.3 is 0 Å². The van der Waals surface area contributed by atoms with Crippen LogP contribution in [0.2, 0.25) is 0 Å². The topological polar surface area (TPSA) is 49.8 Å². The van der Waals surface area contributed by atoms with Crippen molar-refractivity contribution in [2.75, 3.05) is 18.4 Å². The van der Waals surface area contributed by atoms with Crippen molar-refractivity contribution in [3.8, 4) is 0 Å². The molecular formula is C14H24N4. The minimum absolute atomic E-state index is 0.491. The number of aromatic nitrogens is 2. The van der Waals surface area contributed by atoms with Crippen LogP contribution in [0.5, 0.6) is 0 Å². The van der Waals surface area contributed by atoms with Crippen LogP contribution in [-0.4, -0.2) is 29.1 Å². The Morgan fingerprint density at radius 2 is 2.11 bits per heavy atom. The van der Waals surface area contributed by atoms with Crippen molar-refractivity contribution in [2.24, 2.45) is 0 Å². The Morgan fingerprint density at radius 3 is 2.72 bits per heavy atom. The summed E-state index contributed by atoms with van der Waals surface area (Å²) < 4.78 is 0. The molecule has 1 aromatic heterocycles. The Hall–Kier alpha value is -1.16. The number of nitrogens with one attached hydrogen (secondary N) is 2. The van der Waals surface area contributed by atoms with Crippen LogP contribution in [-0.2, 0) is 0 Å². The molecule has 0 aliphatic carbocycles. The predicted molar refractivity (Wildman–Crippen MR) is 74.9 cm³/mol. The molecule has 1 saturated heterocycles. The molecule has 1 atom stereocenters. The second-order valence-corrected chi connectivity index (χ2v) is 5.36. The van der Waals surface area contributed by atoms with Crippen LogP contribution >= 0.6 is 0 Å². The SMILES string of the molecule is CC(C)c1cnc(NCCC2CCCCN2)nc1. The highest BCUT2D eigenvalue weighted by atomic mass is 15.1. The lowest BCUT2D eigenvalue weighted by Crippen LogP contribution is -2.35. The molecule has 100 valence electrons. The molecule has 0 spiro atoms. The van der Waals surface area contributed by atoms with E-state index in [9.17, 15) is 0 Å². The zero-order valence-electron chi connectivity index (χ0n) is 11.4. The number of piperidine rings is 1. The molecule has 1 aliphatic rings. The fourth-order valence-corrected chi connectivity index (χ4v) is 2.26. The van der Waals surface area contributed by atoms with Gasteiger partial charge in [0.05, 0.1) is 0 Å². The lowest BCUT2D eigenvalue weighted by atomic mass is 10.0. The molecule has 4 heteroatoms. The van der Waals surface area contributed by atoms with E-state index in [1.54, 1.807) is 0 Å². The van der Waals surface area contributed by atoms with Crippen molar-refractivity contribution in [2.45, 2.75) is 51.5 Å². The minimum atomic E-state index is 0.491. The maximum absolute atomic E-state index is 4.34. The molecule has 0 bridgehead atoms. The Bertz CT molecular complexity index is 341. The van der Waals surface area contributed by atoms with Gasteiger partial charge in [0.15, 0.2) is 0 Å². The first-order valence-corrected chi connectivity index (χ1v) is 7.05. The van der Waals surface area contributed by atoms with E-state index in [1.165, 1.54) is 31.4 Å². The third-order valence-electron chi connectivity index (χ3n) is 3.53. The van der Waals surface area contributed by atoms with Crippen molar-refractivity contribution in [1.82, 2.24) is 15.3 Å². The number of rotatable bonds is 5. The van der Waals surface area contributed by atoms with Gasteiger partial charge in [0.2, 0.25) is 5.95 Å². The summed E-state index contributed by atoms with van der Waals surface area (Å²) in [5.41, 5.74) is 1.19. The standard InChI is InChI=1S/C14H24N4/c1-11(2)12-9-17-14(18-10-12)16-8-6-13-5-3-4-7-15-13/h9-11,13,15H,3-8H2,1-2H3,(H,16,17,18). The van der Waals surface area contributed by atoms with Gasteiger partial charge in [-0.25, -0.2) is 9.97 Å². The molecule has 2 rings (SSSR count). The van der Waals surface area contributed by atoms with Crippen molar-refractivity contribution >= 4 is 5.95 Å². The summed E-state index contributed by atoms with van der Waals surface area (Å²) in [4.78, 5) is 8.68. The lowest BCUT2D eigenvalue weighted by molar-refractivity contribution is 0.388. The average molecular weight is 248 g/mol. The Morgan fingerprint density at radius 1 is 1.33 bits per heavy atom. The normalized spacial score (nSPS) is 20.1. The molecule has 18 heavy (non-hydrogen) atoms. The molecule has 1 unspecified atom stereocenters. The number of anilines is 1. The molecule has 0 amide bonds. The Labute approximate surface area is 110 Å². The Kier molecular flexibility index (Phi) is 4.93. The van der Waals surface area contributed by atoms with Crippen molar-refractivity contribution in [3.05, 3.63) is 18.0 Å². The monoisotopic (exact) mass is 248 g/mol. The smallest absolute Gasteiger partial charge is 0.222 e. The van der Waals surface area contributed by atoms with E-state index in [1.807, 2.05) is 12.4 Å². The summed E-state index contributed by atoms with van der Waals surface area (Å²) in [6.45, 7) is 6.42. The van der Waals surface area contributed by atoms with Crippen LogP contribution in [0.25, 0.3) is 0 Å². The van der Waals surface area contributed by atoms with E-state index in [2.05, 4.69) is 34.4 Å². The molecule has 1 aromatic rings. The largest absolute Gasteiger partial charge is 0.354 e. The van der Waals surface area contributed by atoms with Crippen LogP contribution in [0.4, 0.5) is 5.95 Å². The third kappa shape index (κ3) is 3.95. The summed E-state index contributed by atoms with van der Waals surface area (Å²) in [6, 6.07) is 0.668. The van der Waals surface area contributed by atoms with Gasteiger partial charge in [-0.1, -0.05) is 20.3 Å². The quantitative estimate of drug-likeness (QED) is 0.841. The first-order chi connectivity index (χ1) is 8.75. The first-order valence-electron chi connectivity index (χ1n) is 7.05. The lowest BCUT2D eigenvalue weighted by Gasteiger charge is -2.23. The first kappa shape index (κ1) is 13.3. The maximum Gasteiger partial charge on any atom is 0.222 e. The van der Waals surface area contributed by atoms with Gasteiger partial charge in [0, 0.05) is 25.0 Å². The highest BCUT2D eigenvalue weighted by molar-refractivity contribution is 5.25. The summed E-state index contributed by atoms with van der Waals surface area (Å²) in [5, 5.41) is 6.84. The van der Waals surface area contributed by atoms with E-state index in [-0.39, 0.29) is 0 Å². The van der Waals surface area contributed by atoms with Gasteiger partial charge < -0.3 is 10.6 Å². The van der Waals surface area contributed by atoms with E-state index >= 15 is 0 Å². The number of hydrogen-bond acceptors (Lipinski definition) is 4. The van der Waals surface area contributed by atoms with Gasteiger partial charge in [0.25, 0.3) is 0 Å². The third-order valence-corrected chi connectivity index (χ3v) is 3.53. The molecule has 4 nitrogen and oxygen atoms in total. The molecule has 1 aliphatic heterocycles. The molecule has 1 fully saturated rings. The second-order valence-electron chi connectivity index (χ2n) is 5.36. The summed E-state index contributed by atoms with van der Waals surface area (Å²) >= 11 is 0. The van der Waals surface area contributed by atoms with Gasteiger partial charge in [-0.05, 0) is 37.3 Å². The molecule has 0 aromatic carbocycles. The van der Waals surface area contributed by atoms with E-state index in [0.717, 1.165) is 18.9 Å². The zero-order chi connectivity index (χ0) is 12.8. The van der Waals surface area contributed by atoms with Gasteiger partial charge in [-0.2, -0.15) is 0 Å². The summed E-state index contributed by atoms with van der Waals surface area (Å²) in [7, 11) is 0. The number of nitrogens with zero attached hydrogens (tertiary/aromatic N) is 2. The van der Waals surface area contributed by atoms with Gasteiger partial charge in [-0.15, -0.1) is 0 Å². The molecule has 0 saturated carbocycles. The predicted octanol–water partition coefficient (Wildman–Crippen LogP) is 2.54. The molecular weight excluding hydrogens is 224 g/mol. The van der Waals surface area contributed by atoms with E-state index in [0.29, 0.717) is 12.0 Å². The van der Waals surface area contributed by atoms with Crippen LogP contribution in [0.1, 0.15) is 51.0 Å². The average Bonchev–Trinajstić information content (AvgIpc) is 2.40. The highest BCUT2D eigenvalue weighted by Gasteiger charge is 2.11. The van der Waals surface area contributed by atoms with Crippen LogP contribution in [0, 0.1) is 0 Å². The summed E-state index contributed by atoms with van der Waals surface area (Å²) in [6.07, 6.45) is 8.96. The fraction of sp³-hybridized carbons (Fsp3) is 0.714. The van der Waals surface area contributed by atoms with Crippen molar-refractivity contribution in [1.29, 1.82) is 0 Å². The van der Waals surface area contributed by atoms with E-state index in [4.69, 9.17) is 0 Å². The minimum Gasteiger partial charge on any atom is -0.354 e. The Balaban J connectivity index is 1.72. The molecule has 2 heterocycles. The van der Waals surface area contributed by atoms with Crippen LogP contribution in [0.3, 0.4) is 0 Å². The summed E-state index contributed by atoms with van der Waals surface area (Å²) in [5.74, 6) is 1.24. The van der Waals surface area contributed by atoms with Gasteiger partial charge in [0.1, 0.15) is 0 Å². The van der Waals surface area contributed by atoms with Gasteiger partial charge in [-0.3, -0.25) is 0 Å². The van der Waals surface area contributed by atoms with Crippen molar-refractivity contribution < 1.29 is 0 Å². The van der Waals surface area contributed by atoms with Crippen molar-refractivity contribution in [3.63, 3.8) is 0 Å². The second kappa shape index (κ2) is 6.69. The van der Waals surface area contributed by atoms with Crippen LogP contribution < -0.4 is 10.6 Å². The maximum atomic E-state index is 4.34. The van der Waals surface area contributed by atoms with Crippen LogP contribution in [0.15, 0.2) is 12.4 Å². The molecule has 0 radical (unpaired) electrons. The van der Waals surface area contributed by atoms with E-state index < -0.39 is 0 Å².